The van der Waals surface area contributed by atoms with Crippen molar-refractivity contribution in [1.29, 1.82) is 0 Å². The summed E-state index contributed by atoms with van der Waals surface area (Å²) in [5.41, 5.74) is 2.14. The van der Waals surface area contributed by atoms with Crippen molar-refractivity contribution in [2.24, 2.45) is 0 Å². The highest BCUT2D eigenvalue weighted by molar-refractivity contribution is 5.73. The van der Waals surface area contributed by atoms with Crippen LogP contribution in [0.2, 0.25) is 0 Å². The summed E-state index contributed by atoms with van der Waals surface area (Å²) < 4.78 is 2.03. The molecular weight excluding hydrogens is 214 g/mol. The molecule has 2 N–H and O–H groups in total. The maximum Gasteiger partial charge on any atom is 0.175 e. The minimum atomic E-state index is 0.938. The van der Waals surface area contributed by atoms with Gasteiger partial charge in [-0.25, -0.2) is 0 Å². The highest BCUT2D eigenvalue weighted by Crippen LogP contribution is 2.07. The van der Waals surface area contributed by atoms with Crippen molar-refractivity contribution in [2.45, 2.75) is 6.67 Å². The van der Waals surface area contributed by atoms with Crippen LogP contribution in [0.1, 0.15) is 0 Å². The lowest BCUT2D eigenvalue weighted by atomic mass is 10.3. The van der Waals surface area contributed by atoms with Crippen LogP contribution in [0.5, 0.6) is 0 Å². The van der Waals surface area contributed by atoms with Gasteiger partial charge in [-0.15, -0.1) is 5.10 Å². The highest BCUT2D eigenvalue weighted by atomic mass is 15.5. The van der Waals surface area contributed by atoms with Gasteiger partial charge in [0, 0.05) is 0 Å². The number of fused-ring (bicyclic) bond motifs is 1. The number of hydrogen-bond donors (Lipinski definition) is 2. The topological polar surface area (TPSA) is 39.6 Å². The predicted molar refractivity (Wildman–Crippen MR) is 64.8 cm³/mol. The number of piperazine rings is 1. The van der Waals surface area contributed by atoms with E-state index < -0.39 is 0 Å². The Morgan fingerprint density at radius 3 is 2.76 bits per heavy atom. The van der Waals surface area contributed by atoms with Gasteiger partial charge in [0.05, 0.1) is 12.6 Å². The van der Waals surface area contributed by atoms with Crippen molar-refractivity contribution in [1.82, 2.24) is 15.0 Å². The summed E-state index contributed by atoms with van der Waals surface area (Å²) in [4.78, 5) is 3.24. The molecule has 0 amide bonds. The molecule has 1 aromatic carbocycles. The van der Waals surface area contributed by atoms with Gasteiger partial charge in [-0.3, -0.25) is 0 Å². The summed E-state index contributed by atoms with van der Waals surface area (Å²) in [5, 5.41) is 8.44. The molecule has 90 valence electrons. The Balaban J connectivity index is 1.76. The molecule has 5 nitrogen and oxygen atoms in total. The van der Waals surface area contributed by atoms with Crippen molar-refractivity contribution < 1.29 is 9.80 Å². The van der Waals surface area contributed by atoms with Gasteiger partial charge in [0.15, 0.2) is 6.67 Å². The third kappa shape index (κ3) is 2.16. The van der Waals surface area contributed by atoms with E-state index >= 15 is 0 Å². The first-order chi connectivity index (χ1) is 8.33. The number of nitrogens with zero attached hydrogens (tertiary/aromatic N) is 3. The highest BCUT2D eigenvalue weighted by Gasteiger charge is 2.20. The lowest BCUT2D eigenvalue weighted by molar-refractivity contribution is -1.01. The molecule has 1 aliphatic rings. The molecule has 1 aromatic heterocycles. The van der Waals surface area contributed by atoms with Gasteiger partial charge in [-0.2, -0.15) is 4.68 Å². The van der Waals surface area contributed by atoms with E-state index in [1.807, 2.05) is 22.9 Å². The van der Waals surface area contributed by atoms with Crippen LogP contribution in [0.25, 0.3) is 11.0 Å². The largest absolute Gasteiger partial charge is 0.328 e. The summed E-state index contributed by atoms with van der Waals surface area (Å²) in [6.07, 6.45) is 0. The lowest BCUT2D eigenvalue weighted by Crippen LogP contribution is -3.26. The van der Waals surface area contributed by atoms with Gasteiger partial charge >= 0.3 is 0 Å². The van der Waals surface area contributed by atoms with Crippen LogP contribution in [0.3, 0.4) is 0 Å². The fraction of sp³-hybridized carbons (Fsp3) is 0.500. The Labute approximate surface area is 101 Å². The van der Waals surface area contributed by atoms with Crippen molar-refractivity contribution >= 4 is 11.0 Å². The van der Waals surface area contributed by atoms with Crippen LogP contribution in [0, 0.1) is 0 Å². The summed E-state index contributed by atoms with van der Waals surface area (Å²) in [5.74, 6) is 0. The Hall–Kier alpha value is -1.46. The molecule has 0 spiro atoms. The molecule has 5 heteroatoms. The van der Waals surface area contributed by atoms with Gasteiger partial charge in [-0.1, -0.05) is 17.3 Å². The minimum Gasteiger partial charge on any atom is -0.328 e. The number of rotatable bonds is 2. The van der Waals surface area contributed by atoms with Crippen LogP contribution in [-0.2, 0) is 6.67 Å². The monoisotopic (exact) mass is 233 g/mol. The van der Waals surface area contributed by atoms with Gasteiger partial charge in [-0.05, 0) is 12.1 Å². The van der Waals surface area contributed by atoms with E-state index in [2.05, 4.69) is 23.4 Å². The number of likely N-dealkylation sites (N-methyl/N-ethyl adjacent to an activating group) is 1. The zero-order valence-corrected chi connectivity index (χ0v) is 10.2. The molecule has 0 aliphatic carbocycles. The fourth-order valence-corrected chi connectivity index (χ4v) is 2.43. The first-order valence-electron chi connectivity index (χ1n) is 6.26. The third-order valence-corrected chi connectivity index (χ3v) is 3.60. The predicted octanol–water partition coefficient (Wildman–Crippen LogP) is -2.20. The molecule has 1 aliphatic heterocycles. The normalized spacial score (nSPS) is 25.2. The number of nitrogens with one attached hydrogen (secondary N) is 2. The van der Waals surface area contributed by atoms with Crippen LogP contribution >= 0.6 is 0 Å². The van der Waals surface area contributed by atoms with Gasteiger partial charge in [0.2, 0.25) is 0 Å². The maximum atomic E-state index is 4.25. The average Bonchev–Trinajstić information content (AvgIpc) is 2.76. The van der Waals surface area contributed by atoms with Crippen LogP contribution < -0.4 is 9.80 Å². The van der Waals surface area contributed by atoms with Crippen LogP contribution in [-0.4, -0.2) is 48.2 Å². The molecule has 1 fully saturated rings. The van der Waals surface area contributed by atoms with Crippen LogP contribution in [0.4, 0.5) is 0 Å². The first-order valence-corrected chi connectivity index (χ1v) is 6.26. The van der Waals surface area contributed by atoms with Gasteiger partial charge < -0.3 is 9.80 Å². The third-order valence-electron chi connectivity index (χ3n) is 3.60. The molecule has 1 saturated heterocycles. The second-order valence-corrected chi connectivity index (χ2v) is 4.94. The van der Waals surface area contributed by atoms with E-state index in [0.717, 1.165) is 17.7 Å². The van der Waals surface area contributed by atoms with E-state index in [4.69, 9.17) is 0 Å². The smallest absolute Gasteiger partial charge is 0.175 e. The Bertz CT molecular complexity index is 498. The quantitative estimate of drug-likeness (QED) is 0.618. The van der Waals surface area contributed by atoms with E-state index in [9.17, 15) is 0 Å². The molecule has 0 unspecified atom stereocenters. The number of hydrogen-bond acceptors (Lipinski definition) is 2. The SMILES string of the molecule is C[NH+]1CC[NH+](Cn2nnc3ccccc32)CC1. The van der Waals surface area contributed by atoms with Gasteiger partial charge in [0.25, 0.3) is 0 Å². The second kappa shape index (κ2) is 4.43. The molecule has 17 heavy (non-hydrogen) atoms. The minimum absolute atomic E-state index is 0.938. The number of para-hydroxylation sites is 1. The molecule has 0 atom stereocenters. The van der Waals surface area contributed by atoms with E-state index in [1.54, 1.807) is 9.80 Å². The summed E-state index contributed by atoms with van der Waals surface area (Å²) in [6.45, 7) is 5.89. The molecular formula is C12H19N5+2. The summed E-state index contributed by atoms with van der Waals surface area (Å²) in [6, 6.07) is 8.16. The summed E-state index contributed by atoms with van der Waals surface area (Å²) in [7, 11) is 2.27. The molecule has 2 aromatic rings. The van der Waals surface area contributed by atoms with E-state index in [0.29, 0.717) is 0 Å². The van der Waals surface area contributed by atoms with Crippen LogP contribution in [0.15, 0.2) is 24.3 Å². The second-order valence-electron chi connectivity index (χ2n) is 4.94. The van der Waals surface area contributed by atoms with Crippen molar-refractivity contribution in [3.05, 3.63) is 24.3 Å². The van der Waals surface area contributed by atoms with Crippen molar-refractivity contribution in [2.75, 3.05) is 33.2 Å². The number of aromatic nitrogens is 3. The van der Waals surface area contributed by atoms with Crippen molar-refractivity contribution in [3.63, 3.8) is 0 Å². The molecule has 0 saturated carbocycles. The fourth-order valence-electron chi connectivity index (χ4n) is 2.43. The lowest BCUT2D eigenvalue weighted by Gasteiger charge is -2.26. The van der Waals surface area contributed by atoms with E-state index in [1.165, 1.54) is 26.2 Å². The Morgan fingerprint density at radius 2 is 1.94 bits per heavy atom. The zero-order valence-electron chi connectivity index (χ0n) is 10.2. The van der Waals surface area contributed by atoms with Crippen molar-refractivity contribution in [3.8, 4) is 0 Å². The maximum absolute atomic E-state index is 4.25. The number of quaternary nitrogens is 2. The molecule has 0 radical (unpaired) electrons. The molecule has 2 heterocycles. The zero-order chi connectivity index (χ0) is 11.7. The first kappa shape index (κ1) is 10.7. The molecule has 3 rings (SSSR count). The average molecular weight is 233 g/mol. The Morgan fingerprint density at radius 1 is 1.18 bits per heavy atom. The summed E-state index contributed by atoms with van der Waals surface area (Å²) >= 11 is 0. The molecule has 0 bridgehead atoms. The van der Waals surface area contributed by atoms with E-state index in [-0.39, 0.29) is 0 Å². The number of benzene rings is 1. The Kier molecular flexibility index (Phi) is 2.78. The van der Waals surface area contributed by atoms with Gasteiger partial charge in [0.1, 0.15) is 31.7 Å². The standard InChI is InChI=1S/C12H17N5/c1-15-6-8-16(9-7-15)10-17-12-5-3-2-4-11(12)13-14-17/h2-5H,6-10H2,1H3/p+2.